The Labute approximate surface area is 181 Å². The van der Waals surface area contributed by atoms with E-state index in [-0.39, 0.29) is 11.5 Å². The van der Waals surface area contributed by atoms with Crippen LogP contribution in [0, 0.1) is 0 Å². The van der Waals surface area contributed by atoms with Gasteiger partial charge in [-0.25, -0.2) is 0 Å². The van der Waals surface area contributed by atoms with Crippen LogP contribution in [0.1, 0.15) is 40.4 Å². The van der Waals surface area contributed by atoms with Crippen LogP contribution in [-0.4, -0.2) is 49.2 Å². The molecule has 2 aromatic heterocycles. The van der Waals surface area contributed by atoms with E-state index in [1.807, 2.05) is 22.8 Å². The van der Waals surface area contributed by atoms with Gasteiger partial charge in [-0.1, -0.05) is 30.3 Å². The Balaban J connectivity index is 1.22. The van der Waals surface area contributed by atoms with E-state index >= 15 is 0 Å². The fraction of sp³-hybridized carbons (Fsp3) is 0.391. The van der Waals surface area contributed by atoms with Gasteiger partial charge < -0.3 is 14.6 Å². The van der Waals surface area contributed by atoms with Crippen LogP contribution in [0.5, 0.6) is 0 Å². The zero-order chi connectivity index (χ0) is 21.1. The highest BCUT2D eigenvalue weighted by molar-refractivity contribution is 5.90. The predicted molar refractivity (Wildman–Crippen MR) is 114 cm³/mol. The van der Waals surface area contributed by atoms with Crippen LogP contribution in [0.3, 0.4) is 0 Å². The zero-order valence-corrected chi connectivity index (χ0v) is 17.4. The van der Waals surface area contributed by atoms with Gasteiger partial charge in [0, 0.05) is 38.6 Å². The fourth-order valence-corrected chi connectivity index (χ4v) is 4.35. The molecule has 1 spiro atoms. The third-order valence-corrected chi connectivity index (χ3v) is 6.20. The van der Waals surface area contributed by atoms with Crippen molar-refractivity contribution < 1.29 is 9.53 Å². The average Bonchev–Trinajstić information content (AvgIpc) is 3.23. The third-order valence-electron chi connectivity index (χ3n) is 6.20. The number of aromatic nitrogens is 4. The molecule has 0 radical (unpaired) electrons. The topological polar surface area (TPSA) is 85.2 Å². The summed E-state index contributed by atoms with van der Waals surface area (Å²) in [5.41, 5.74) is 2.06. The quantitative estimate of drug-likeness (QED) is 0.684. The van der Waals surface area contributed by atoms with Gasteiger partial charge in [0.15, 0.2) is 5.82 Å². The molecule has 0 saturated carbocycles. The monoisotopic (exact) mass is 418 g/mol. The van der Waals surface area contributed by atoms with E-state index in [1.165, 1.54) is 5.56 Å². The number of amides is 1. The molecule has 0 atom stereocenters. The molecule has 5 rings (SSSR count). The van der Waals surface area contributed by atoms with Gasteiger partial charge in [-0.05, 0) is 36.1 Å². The van der Waals surface area contributed by atoms with Crippen LogP contribution >= 0.6 is 0 Å². The number of carbonyl (C=O) groups excluding carboxylic acids is 1. The number of ether oxygens (including phenoxy) is 1. The summed E-state index contributed by atoms with van der Waals surface area (Å²) < 4.78 is 8.21. The molecule has 2 aliphatic rings. The molecule has 160 valence electrons. The first-order valence-electron chi connectivity index (χ1n) is 10.7. The molecule has 1 fully saturated rings. The number of benzene rings is 1. The van der Waals surface area contributed by atoms with Crippen LogP contribution < -0.4 is 5.32 Å². The number of hydrogen-bond acceptors (Lipinski definition) is 6. The van der Waals surface area contributed by atoms with Gasteiger partial charge in [0.05, 0.1) is 12.1 Å². The highest BCUT2D eigenvalue weighted by Crippen LogP contribution is 2.33. The molecule has 8 heteroatoms. The highest BCUT2D eigenvalue weighted by atomic mass is 16.5. The van der Waals surface area contributed by atoms with Gasteiger partial charge in [-0.3, -0.25) is 14.7 Å². The van der Waals surface area contributed by atoms with Gasteiger partial charge >= 0.3 is 0 Å². The molecule has 1 aromatic carbocycles. The van der Waals surface area contributed by atoms with Crippen LogP contribution in [0.4, 0.5) is 0 Å². The van der Waals surface area contributed by atoms with Crippen molar-refractivity contribution in [3.05, 3.63) is 77.6 Å². The normalized spacial score (nSPS) is 17.9. The number of rotatable bonds is 5. The minimum absolute atomic E-state index is 0.214. The number of hydrogen-bond donors (Lipinski definition) is 1. The molecule has 4 heterocycles. The maximum absolute atomic E-state index is 12.8. The van der Waals surface area contributed by atoms with Crippen LogP contribution in [0.2, 0.25) is 0 Å². The Bertz CT molecular complexity index is 1030. The summed E-state index contributed by atoms with van der Waals surface area (Å²) in [5.74, 6) is 0.860. The first-order valence-corrected chi connectivity index (χ1v) is 10.7. The number of fused-ring (bicyclic) bond motifs is 1. The van der Waals surface area contributed by atoms with Crippen molar-refractivity contribution in [1.29, 1.82) is 0 Å². The van der Waals surface area contributed by atoms with Crippen molar-refractivity contribution in [2.45, 2.75) is 44.7 Å². The summed E-state index contributed by atoms with van der Waals surface area (Å²) in [4.78, 5) is 19.2. The molecule has 0 aliphatic carbocycles. The number of piperidine rings is 1. The molecule has 31 heavy (non-hydrogen) atoms. The van der Waals surface area contributed by atoms with E-state index in [9.17, 15) is 4.79 Å². The second kappa shape index (κ2) is 8.56. The lowest BCUT2D eigenvalue weighted by Gasteiger charge is -2.44. The first kappa shape index (κ1) is 19.8. The SMILES string of the molecule is O=C(NCc1ccncc1)c1nnc2n1CC1(CCN(Cc3ccccc3)CC1)OC2. The Morgan fingerprint density at radius 2 is 1.81 bits per heavy atom. The smallest absolute Gasteiger partial charge is 0.289 e. The van der Waals surface area contributed by atoms with Crippen molar-refractivity contribution in [3.8, 4) is 0 Å². The van der Waals surface area contributed by atoms with Gasteiger partial charge in [0.1, 0.15) is 6.61 Å². The Morgan fingerprint density at radius 3 is 2.58 bits per heavy atom. The lowest BCUT2D eigenvalue weighted by molar-refractivity contribution is -0.123. The maximum Gasteiger partial charge on any atom is 0.289 e. The molecule has 1 N–H and O–H groups in total. The van der Waals surface area contributed by atoms with Crippen molar-refractivity contribution in [2.24, 2.45) is 0 Å². The van der Waals surface area contributed by atoms with E-state index in [4.69, 9.17) is 4.74 Å². The number of carbonyl (C=O) groups is 1. The fourth-order valence-electron chi connectivity index (χ4n) is 4.35. The van der Waals surface area contributed by atoms with Crippen LogP contribution in [0.15, 0.2) is 54.9 Å². The number of nitrogens with zero attached hydrogens (tertiary/aromatic N) is 5. The molecule has 1 saturated heterocycles. The Morgan fingerprint density at radius 1 is 1.03 bits per heavy atom. The van der Waals surface area contributed by atoms with E-state index in [0.717, 1.165) is 38.0 Å². The number of pyridine rings is 1. The Kier molecular flexibility index (Phi) is 5.48. The molecular weight excluding hydrogens is 392 g/mol. The summed E-state index contributed by atoms with van der Waals surface area (Å²) in [6, 6.07) is 14.3. The minimum atomic E-state index is -0.261. The number of nitrogens with one attached hydrogen (secondary N) is 1. The van der Waals surface area contributed by atoms with Crippen molar-refractivity contribution in [1.82, 2.24) is 30.0 Å². The molecule has 8 nitrogen and oxygen atoms in total. The predicted octanol–water partition coefficient (Wildman–Crippen LogP) is 2.17. The molecule has 0 unspecified atom stereocenters. The van der Waals surface area contributed by atoms with Gasteiger partial charge in [0.25, 0.3) is 5.91 Å². The lowest BCUT2D eigenvalue weighted by Crippen LogP contribution is -2.50. The standard InChI is InChI=1S/C23H26N6O2/c30-22(25-14-18-6-10-24-11-7-18)21-27-26-20-16-31-23(17-29(20)21)8-12-28(13-9-23)15-19-4-2-1-3-5-19/h1-7,10-11H,8-9,12-17H2,(H,25,30). The summed E-state index contributed by atoms with van der Waals surface area (Å²) >= 11 is 0. The summed E-state index contributed by atoms with van der Waals surface area (Å²) in [6.45, 7) is 4.33. The zero-order valence-electron chi connectivity index (χ0n) is 17.4. The molecule has 2 aliphatic heterocycles. The molecule has 0 bridgehead atoms. The van der Waals surface area contributed by atoms with E-state index < -0.39 is 0 Å². The van der Waals surface area contributed by atoms with E-state index in [0.29, 0.717) is 31.3 Å². The highest BCUT2D eigenvalue weighted by Gasteiger charge is 2.41. The number of likely N-dealkylation sites (tertiary alicyclic amines) is 1. The second-order valence-corrected chi connectivity index (χ2v) is 8.30. The summed E-state index contributed by atoms with van der Waals surface area (Å²) in [6.07, 6.45) is 5.28. The van der Waals surface area contributed by atoms with Crippen LogP contribution in [0.25, 0.3) is 0 Å². The molecule has 1 amide bonds. The molecule has 3 aromatic rings. The van der Waals surface area contributed by atoms with Crippen molar-refractivity contribution >= 4 is 5.91 Å². The first-order chi connectivity index (χ1) is 15.2. The summed E-state index contributed by atoms with van der Waals surface area (Å²) in [5, 5.41) is 11.3. The van der Waals surface area contributed by atoms with Crippen LogP contribution in [-0.2, 0) is 31.0 Å². The largest absolute Gasteiger partial charge is 0.365 e. The average molecular weight is 419 g/mol. The van der Waals surface area contributed by atoms with E-state index in [2.05, 4.69) is 49.7 Å². The van der Waals surface area contributed by atoms with Crippen molar-refractivity contribution in [3.63, 3.8) is 0 Å². The maximum atomic E-state index is 12.8. The lowest BCUT2D eigenvalue weighted by atomic mass is 9.89. The van der Waals surface area contributed by atoms with E-state index in [1.54, 1.807) is 12.4 Å². The second-order valence-electron chi connectivity index (χ2n) is 8.30. The third kappa shape index (κ3) is 4.35. The van der Waals surface area contributed by atoms with Gasteiger partial charge in [-0.15, -0.1) is 10.2 Å². The summed E-state index contributed by atoms with van der Waals surface area (Å²) in [7, 11) is 0. The molecular formula is C23H26N6O2. The van der Waals surface area contributed by atoms with Crippen molar-refractivity contribution in [2.75, 3.05) is 13.1 Å². The minimum Gasteiger partial charge on any atom is -0.365 e. The van der Waals surface area contributed by atoms with Gasteiger partial charge in [-0.2, -0.15) is 0 Å². The van der Waals surface area contributed by atoms with Gasteiger partial charge in [0.2, 0.25) is 5.82 Å². The Hall–Kier alpha value is -3.10.